The van der Waals surface area contributed by atoms with Crippen LogP contribution in [-0.4, -0.2) is 42.0 Å². The second-order valence-corrected chi connectivity index (χ2v) is 17.4. The van der Waals surface area contributed by atoms with Crippen molar-refractivity contribution in [1.82, 2.24) is 0 Å². The van der Waals surface area contributed by atoms with Crippen LogP contribution in [0.2, 0.25) is 0 Å². The van der Waals surface area contributed by atoms with Gasteiger partial charge in [-0.1, -0.05) is 140 Å². The van der Waals surface area contributed by atoms with Gasteiger partial charge in [-0.15, -0.1) is 0 Å². The van der Waals surface area contributed by atoms with Crippen LogP contribution in [0.4, 0.5) is 0 Å². The molecule has 3 nitrogen and oxygen atoms in total. The van der Waals surface area contributed by atoms with E-state index in [-0.39, 0.29) is 28.4 Å². The molecule has 0 aromatic heterocycles. The van der Waals surface area contributed by atoms with Gasteiger partial charge in [0.1, 0.15) is 0 Å². The number of hydrogen-bond acceptors (Lipinski definition) is 3. The van der Waals surface area contributed by atoms with Gasteiger partial charge in [0.2, 0.25) is 0 Å². The molecule has 5 heteroatoms. The van der Waals surface area contributed by atoms with Crippen molar-refractivity contribution in [3.05, 3.63) is 133 Å². The van der Waals surface area contributed by atoms with Crippen molar-refractivity contribution in [2.45, 2.75) is 56.3 Å². The van der Waals surface area contributed by atoms with Crippen molar-refractivity contribution in [2.24, 2.45) is 10.8 Å². The smallest absolute Gasteiger partial charge is 0.157 e. The van der Waals surface area contributed by atoms with E-state index in [9.17, 15) is 5.11 Å². The molecule has 0 radical (unpaired) electrons. The Bertz CT molecular complexity index is 1460. The van der Waals surface area contributed by atoms with E-state index in [0.29, 0.717) is 0 Å². The van der Waals surface area contributed by atoms with Crippen LogP contribution in [0.25, 0.3) is 0 Å². The Kier molecular flexibility index (Phi) is 8.62. The number of aliphatic hydroxyl groups excluding tert-OH is 1. The Balaban J connectivity index is 1.36. The highest BCUT2D eigenvalue weighted by Crippen LogP contribution is 2.81. The van der Waals surface area contributed by atoms with Crippen LogP contribution >= 0.6 is 15.8 Å². The fourth-order valence-electron chi connectivity index (χ4n) is 8.12. The lowest BCUT2D eigenvalue weighted by Crippen LogP contribution is -2.38. The second-order valence-electron chi connectivity index (χ2n) is 12.6. The first-order chi connectivity index (χ1) is 21.5. The third kappa shape index (κ3) is 5.22. The zero-order valence-electron chi connectivity index (χ0n) is 25.5. The Morgan fingerprint density at radius 2 is 1.14 bits per heavy atom. The lowest BCUT2D eigenvalue weighted by atomic mass is 9.87. The third-order valence-electron chi connectivity index (χ3n) is 10.4. The number of hydrogen-bond donors (Lipinski definition) is 1. The molecule has 1 saturated heterocycles. The molecular weight excluding hydrogens is 578 g/mol. The van der Waals surface area contributed by atoms with E-state index >= 15 is 0 Å². The first-order valence-electron chi connectivity index (χ1n) is 15.9. The third-order valence-corrected chi connectivity index (χ3v) is 16.5. The molecular formula is C39H42O3P2. The molecule has 2 saturated carbocycles. The van der Waals surface area contributed by atoms with Gasteiger partial charge in [-0.2, -0.15) is 0 Å². The molecule has 226 valence electrons. The first-order valence-corrected chi connectivity index (χ1v) is 18.8. The maximum absolute atomic E-state index is 12.9. The molecule has 3 fully saturated rings. The minimum absolute atomic E-state index is 0.0714. The van der Waals surface area contributed by atoms with Crippen molar-refractivity contribution in [3.63, 3.8) is 0 Å². The van der Waals surface area contributed by atoms with E-state index in [1.807, 2.05) is 0 Å². The number of benzene rings is 4. The minimum atomic E-state index is -0.868. The summed E-state index contributed by atoms with van der Waals surface area (Å²) in [5.41, 5.74) is 1.07. The summed E-state index contributed by atoms with van der Waals surface area (Å²) < 4.78 is 11.9. The van der Waals surface area contributed by atoms with Crippen molar-refractivity contribution in [3.8, 4) is 0 Å². The predicted octanol–water partition coefficient (Wildman–Crippen LogP) is 6.86. The van der Waals surface area contributed by atoms with E-state index in [4.69, 9.17) is 16.1 Å². The lowest BCUT2D eigenvalue weighted by molar-refractivity contribution is -0.183. The molecule has 1 N–H and O–H groups in total. The summed E-state index contributed by atoms with van der Waals surface area (Å²) in [5.74, 6) is 0. The number of ether oxygens (including phenoxy) is 2. The maximum Gasteiger partial charge on any atom is 0.157 e. The number of aliphatic hydroxyl groups is 1. The van der Waals surface area contributed by atoms with E-state index in [1.54, 1.807) is 0 Å². The van der Waals surface area contributed by atoms with Crippen LogP contribution in [0.5, 0.6) is 0 Å². The van der Waals surface area contributed by atoms with Crippen LogP contribution < -0.4 is 21.2 Å². The summed E-state index contributed by atoms with van der Waals surface area (Å²) in [5, 5.41) is 18.3. The molecule has 0 bridgehead atoms. The van der Waals surface area contributed by atoms with Crippen LogP contribution in [0.3, 0.4) is 0 Å². The van der Waals surface area contributed by atoms with Gasteiger partial charge in [-0.3, -0.25) is 0 Å². The molecule has 3 aliphatic rings. The molecule has 4 aromatic rings. The van der Waals surface area contributed by atoms with Gasteiger partial charge in [0.15, 0.2) is 6.29 Å². The summed E-state index contributed by atoms with van der Waals surface area (Å²) in [6, 6.07) is 44.1. The van der Waals surface area contributed by atoms with Crippen LogP contribution in [0.15, 0.2) is 133 Å². The number of rotatable bonds is 9. The van der Waals surface area contributed by atoms with Crippen LogP contribution in [0, 0.1) is 10.8 Å². The Labute approximate surface area is 264 Å². The van der Waals surface area contributed by atoms with Gasteiger partial charge >= 0.3 is 0 Å². The molecule has 1 heterocycles. The molecule has 44 heavy (non-hydrogen) atoms. The van der Waals surface area contributed by atoms with Crippen LogP contribution in [0.1, 0.15) is 32.6 Å². The zero-order chi connectivity index (χ0) is 30.1. The summed E-state index contributed by atoms with van der Waals surface area (Å²) in [6.07, 6.45) is 2.98. The highest BCUT2D eigenvalue weighted by Gasteiger charge is 2.77. The zero-order valence-corrected chi connectivity index (χ0v) is 27.3. The van der Waals surface area contributed by atoms with Gasteiger partial charge in [0.25, 0.3) is 0 Å². The monoisotopic (exact) mass is 620 g/mol. The molecule has 2 aliphatic carbocycles. The fourth-order valence-corrected chi connectivity index (χ4v) is 14.9. The van der Waals surface area contributed by atoms with Crippen molar-refractivity contribution in [2.75, 3.05) is 13.2 Å². The Morgan fingerprint density at radius 3 is 1.59 bits per heavy atom. The average Bonchev–Trinajstić information content (AvgIpc) is 3.39. The molecule has 0 amide bonds. The molecule has 1 aliphatic heterocycles. The van der Waals surface area contributed by atoms with Crippen molar-refractivity contribution >= 4 is 37.1 Å². The maximum atomic E-state index is 12.9. The summed E-state index contributed by atoms with van der Waals surface area (Å²) >= 11 is 0. The largest absolute Gasteiger partial charge is 0.391 e. The van der Waals surface area contributed by atoms with E-state index in [1.165, 1.54) is 26.8 Å². The van der Waals surface area contributed by atoms with Gasteiger partial charge in [-0.25, -0.2) is 0 Å². The fraction of sp³-hybridized carbons (Fsp3) is 0.333. The van der Waals surface area contributed by atoms with E-state index in [0.717, 1.165) is 38.9 Å². The topological polar surface area (TPSA) is 38.7 Å². The SMILES string of the molecule is C=C1C(C)(CCC2OCCCO2)C12CC(P(c1ccccc1)c1ccccc1)C(P(c1ccccc1)c1ccccc1)C2O. The quantitative estimate of drug-likeness (QED) is 0.164. The summed E-state index contributed by atoms with van der Waals surface area (Å²) in [4.78, 5) is 0. The van der Waals surface area contributed by atoms with Gasteiger partial charge in [-0.05, 0) is 68.4 Å². The Morgan fingerprint density at radius 1 is 0.705 bits per heavy atom. The molecule has 5 atom stereocenters. The minimum Gasteiger partial charge on any atom is -0.391 e. The van der Waals surface area contributed by atoms with Gasteiger partial charge < -0.3 is 14.6 Å². The molecule has 4 aromatic carbocycles. The highest BCUT2D eigenvalue weighted by molar-refractivity contribution is 7.77. The van der Waals surface area contributed by atoms with E-state index in [2.05, 4.69) is 128 Å². The van der Waals surface area contributed by atoms with Gasteiger partial charge in [0.05, 0.1) is 19.3 Å². The lowest BCUT2D eigenvalue weighted by Gasteiger charge is -2.37. The van der Waals surface area contributed by atoms with Crippen molar-refractivity contribution < 1.29 is 14.6 Å². The summed E-state index contributed by atoms with van der Waals surface area (Å²) in [7, 11) is -1.63. The van der Waals surface area contributed by atoms with E-state index < -0.39 is 21.9 Å². The summed E-state index contributed by atoms with van der Waals surface area (Å²) in [6.45, 7) is 8.59. The normalized spacial score (nSPS) is 28.6. The first kappa shape index (κ1) is 30.0. The average molecular weight is 621 g/mol. The van der Waals surface area contributed by atoms with Crippen molar-refractivity contribution in [1.29, 1.82) is 0 Å². The predicted molar refractivity (Wildman–Crippen MR) is 186 cm³/mol. The molecule has 5 unspecified atom stereocenters. The Hall–Kier alpha value is -2.64. The highest BCUT2D eigenvalue weighted by atomic mass is 31.1. The second kappa shape index (κ2) is 12.6. The molecule has 1 spiro atoms. The van der Waals surface area contributed by atoms with Gasteiger partial charge in [0, 0.05) is 16.5 Å². The molecule has 7 rings (SSSR count). The standard InChI is InChI=1S/C39H42O3P2/c1-29-38(2,25-24-35-41-26-15-27-42-35)39(29)28-34(43(30-16-7-3-8-17-30)31-18-9-4-10-19-31)36(37(39)40)44(32-20-11-5-12-21-32)33-22-13-6-14-23-33/h3-14,16-23,34-37,40H,1,15,24-28H2,2H3. The van der Waals surface area contributed by atoms with Crippen LogP contribution in [-0.2, 0) is 9.47 Å².